The molecule has 1 heterocycles. The molecule has 0 aliphatic carbocycles. The maximum absolute atomic E-state index is 13.7. The van der Waals surface area contributed by atoms with Crippen molar-refractivity contribution in [3.05, 3.63) is 51.1 Å². The van der Waals surface area contributed by atoms with Gasteiger partial charge in [-0.3, -0.25) is 14.5 Å². The Morgan fingerprint density at radius 1 is 0.939 bits per heavy atom. The lowest BCUT2D eigenvalue weighted by atomic mass is 9.77. The van der Waals surface area contributed by atoms with Crippen LogP contribution in [0.5, 0.6) is 11.5 Å². The van der Waals surface area contributed by atoms with E-state index in [4.69, 9.17) is 23.5 Å². The average Bonchev–Trinajstić information content (AvgIpc) is 3.21. The Morgan fingerprint density at radius 2 is 1.51 bits per heavy atom. The second kappa shape index (κ2) is 15.5. The summed E-state index contributed by atoms with van der Waals surface area (Å²) in [7, 11) is 3.71. The van der Waals surface area contributed by atoms with Crippen molar-refractivity contribution in [1.82, 2.24) is 15.5 Å². The third-order valence-electron chi connectivity index (χ3n) is 8.42. The van der Waals surface area contributed by atoms with Gasteiger partial charge in [0.15, 0.2) is 0 Å². The first-order valence-electron chi connectivity index (χ1n) is 15.8. The Balaban J connectivity index is 1.81. The van der Waals surface area contributed by atoms with Crippen LogP contribution in [-0.4, -0.2) is 91.2 Å². The van der Waals surface area contributed by atoms with Crippen molar-refractivity contribution < 1.29 is 47.8 Å². The Kier molecular flexibility index (Phi) is 12.6. The zero-order valence-electron chi connectivity index (χ0n) is 29.9. The van der Waals surface area contributed by atoms with Gasteiger partial charge in [0.25, 0.3) is 0 Å². The van der Waals surface area contributed by atoms with Crippen LogP contribution in [0.2, 0.25) is 0 Å². The van der Waals surface area contributed by atoms with Crippen LogP contribution >= 0.6 is 22.6 Å². The largest absolute Gasteiger partial charge is 0.498 e. The number of hydrogen-bond acceptors (Lipinski definition) is 9. The van der Waals surface area contributed by atoms with Gasteiger partial charge < -0.3 is 39.3 Å². The van der Waals surface area contributed by atoms with E-state index in [1.54, 1.807) is 57.2 Å². The fourth-order valence-electron chi connectivity index (χ4n) is 5.00. The molecule has 0 bridgehead atoms. The minimum Gasteiger partial charge on any atom is -0.497 e. The number of carbonyl (C=O) groups is 4. The molecule has 0 spiro atoms. The third-order valence-corrected chi connectivity index (χ3v) is 9.26. The molecule has 3 rings (SSSR count). The summed E-state index contributed by atoms with van der Waals surface area (Å²) in [5.41, 5.74) is -0.419. The standard InChI is InChI=1S/C34H47BIN3O10/c1-19(37-29(41)27(39(9)31(44)47-32(2,3)4)21-13-15-26(46-11)23(36)18-21)28(40)38-24(30(42)43)17-20-12-14-25(45-10)22(16-20)35-48-33(5,6)34(7,8)49-35/h12-16,18-19,24,27H,17H2,1-11H3,(H,37,41)(H,38,40)(H,42,43). The van der Waals surface area contributed by atoms with E-state index in [9.17, 15) is 24.3 Å². The van der Waals surface area contributed by atoms with Gasteiger partial charge in [0.2, 0.25) is 11.8 Å². The summed E-state index contributed by atoms with van der Waals surface area (Å²) in [4.78, 5) is 53.6. The Hall–Kier alpha value is -3.57. The number of rotatable bonds is 12. The molecule has 1 aliphatic rings. The molecule has 3 unspecified atom stereocenters. The van der Waals surface area contributed by atoms with E-state index < -0.39 is 65.9 Å². The molecule has 1 aliphatic heterocycles. The molecule has 3 amide bonds. The van der Waals surface area contributed by atoms with Gasteiger partial charge in [-0.25, -0.2) is 9.59 Å². The molecule has 3 N–H and O–H groups in total. The molecule has 2 aromatic rings. The number of nitrogens with zero attached hydrogens (tertiary/aromatic N) is 1. The van der Waals surface area contributed by atoms with E-state index in [0.29, 0.717) is 31.7 Å². The number of likely N-dealkylation sites (N-methyl/N-ethyl adjacent to an activating group) is 1. The van der Waals surface area contributed by atoms with Crippen LogP contribution < -0.4 is 25.6 Å². The van der Waals surface area contributed by atoms with E-state index in [1.165, 1.54) is 28.2 Å². The number of methoxy groups -OCH3 is 2. The van der Waals surface area contributed by atoms with Crippen molar-refractivity contribution >= 4 is 59.0 Å². The predicted octanol–water partition coefficient (Wildman–Crippen LogP) is 3.83. The number of halogens is 1. The van der Waals surface area contributed by atoms with Crippen LogP contribution in [0.25, 0.3) is 0 Å². The van der Waals surface area contributed by atoms with Gasteiger partial charge in [0, 0.05) is 18.9 Å². The number of carboxylic acids is 1. The number of carboxylic acid groups (broad SMARTS) is 1. The minimum absolute atomic E-state index is 0.0769. The van der Waals surface area contributed by atoms with Gasteiger partial charge in [0.05, 0.1) is 29.0 Å². The molecule has 0 radical (unpaired) electrons. The van der Waals surface area contributed by atoms with Gasteiger partial charge in [-0.2, -0.15) is 0 Å². The lowest BCUT2D eigenvalue weighted by molar-refractivity contribution is -0.142. The normalized spacial score (nSPS) is 16.9. The summed E-state index contributed by atoms with van der Waals surface area (Å²) >= 11 is 2.06. The topological polar surface area (TPSA) is 162 Å². The first-order valence-corrected chi connectivity index (χ1v) is 16.8. The van der Waals surface area contributed by atoms with Gasteiger partial charge in [-0.15, -0.1) is 0 Å². The van der Waals surface area contributed by atoms with Crippen molar-refractivity contribution in [2.45, 2.75) is 96.7 Å². The second-order valence-corrected chi connectivity index (χ2v) is 15.0. The van der Waals surface area contributed by atoms with Gasteiger partial charge in [-0.1, -0.05) is 18.2 Å². The predicted molar refractivity (Wildman–Crippen MR) is 192 cm³/mol. The number of aliphatic carboxylic acids is 1. The molecular weight excluding hydrogens is 748 g/mol. The molecule has 15 heteroatoms. The van der Waals surface area contributed by atoms with E-state index >= 15 is 0 Å². The van der Waals surface area contributed by atoms with Crippen molar-refractivity contribution in [2.75, 3.05) is 21.3 Å². The smallest absolute Gasteiger partial charge is 0.497 e. The van der Waals surface area contributed by atoms with E-state index in [0.717, 1.165) is 4.90 Å². The molecule has 268 valence electrons. The number of amides is 3. The van der Waals surface area contributed by atoms with E-state index in [-0.39, 0.29) is 6.42 Å². The van der Waals surface area contributed by atoms with E-state index in [1.807, 2.05) is 27.7 Å². The molecule has 49 heavy (non-hydrogen) atoms. The van der Waals surface area contributed by atoms with Gasteiger partial charge in [-0.05, 0) is 107 Å². The second-order valence-electron chi connectivity index (χ2n) is 13.9. The maximum atomic E-state index is 13.7. The van der Waals surface area contributed by atoms with Crippen LogP contribution in [0, 0.1) is 3.57 Å². The number of ether oxygens (including phenoxy) is 3. The van der Waals surface area contributed by atoms with Crippen molar-refractivity contribution in [3.8, 4) is 11.5 Å². The summed E-state index contributed by atoms with van der Waals surface area (Å²) in [6.45, 7) is 14.3. The molecule has 0 saturated carbocycles. The number of hydrogen-bond donors (Lipinski definition) is 3. The minimum atomic E-state index is -1.34. The molecular formula is C34H47BIN3O10. The van der Waals surface area contributed by atoms with Crippen LogP contribution in [0.1, 0.15) is 72.6 Å². The first-order chi connectivity index (χ1) is 22.6. The maximum Gasteiger partial charge on any atom is 0.498 e. The monoisotopic (exact) mass is 795 g/mol. The van der Waals surface area contributed by atoms with Crippen LogP contribution in [0.4, 0.5) is 4.79 Å². The zero-order valence-corrected chi connectivity index (χ0v) is 32.1. The summed E-state index contributed by atoms with van der Waals surface area (Å²) in [6.07, 6.45) is -0.826. The third kappa shape index (κ3) is 9.78. The molecule has 1 saturated heterocycles. The van der Waals surface area contributed by atoms with Crippen LogP contribution in [0.15, 0.2) is 36.4 Å². The summed E-state index contributed by atoms with van der Waals surface area (Å²) in [6, 6.07) is 6.45. The number of benzene rings is 2. The highest BCUT2D eigenvalue weighted by atomic mass is 127. The van der Waals surface area contributed by atoms with Crippen molar-refractivity contribution in [3.63, 3.8) is 0 Å². The fraction of sp³-hybridized carbons (Fsp3) is 0.529. The number of nitrogens with one attached hydrogen (secondary N) is 2. The van der Waals surface area contributed by atoms with Crippen molar-refractivity contribution in [1.29, 1.82) is 0 Å². The van der Waals surface area contributed by atoms with Gasteiger partial charge >= 0.3 is 19.2 Å². The zero-order chi connectivity index (χ0) is 37.1. The van der Waals surface area contributed by atoms with Crippen LogP contribution in [0.3, 0.4) is 0 Å². The van der Waals surface area contributed by atoms with Gasteiger partial charge in [0.1, 0.15) is 35.2 Å². The summed E-state index contributed by atoms with van der Waals surface area (Å²) in [5, 5.41) is 15.2. The lowest BCUT2D eigenvalue weighted by Gasteiger charge is -2.32. The lowest BCUT2D eigenvalue weighted by Crippen LogP contribution is -2.53. The molecule has 13 nitrogen and oxygen atoms in total. The van der Waals surface area contributed by atoms with E-state index in [2.05, 4.69) is 33.2 Å². The highest BCUT2D eigenvalue weighted by Gasteiger charge is 2.52. The molecule has 0 aromatic heterocycles. The summed E-state index contributed by atoms with van der Waals surface area (Å²) in [5.74, 6) is -1.59. The Bertz CT molecular complexity index is 1550. The van der Waals surface area contributed by atoms with Crippen molar-refractivity contribution in [2.24, 2.45) is 0 Å². The molecule has 1 fully saturated rings. The average molecular weight is 795 g/mol. The number of carbonyl (C=O) groups excluding carboxylic acids is 3. The first kappa shape index (κ1) is 39.9. The van der Waals surface area contributed by atoms with Crippen LogP contribution in [-0.2, 0) is 34.9 Å². The Labute approximate surface area is 302 Å². The SMILES string of the molecule is COc1ccc(C(C(=O)NC(C)C(=O)NC(Cc2ccc(OC)c(B3OC(C)(C)C(C)(C)O3)c2)C(=O)O)N(C)C(=O)OC(C)(C)C)cc1I. The quantitative estimate of drug-likeness (QED) is 0.213. The summed E-state index contributed by atoms with van der Waals surface area (Å²) < 4.78 is 29.5. The highest BCUT2D eigenvalue weighted by Crippen LogP contribution is 2.37. The fourth-order valence-corrected chi connectivity index (χ4v) is 5.76. The molecule has 2 aromatic carbocycles. The molecule has 3 atom stereocenters. The highest BCUT2D eigenvalue weighted by molar-refractivity contribution is 14.1. The Morgan fingerprint density at radius 3 is 2.02 bits per heavy atom.